The average molecular weight is 239 g/mol. The molecule has 4 heteroatoms. The molecular formula is C12H21N3S. The average Bonchev–Trinajstić information content (AvgIpc) is 2.66. The van der Waals surface area contributed by atoms with Crippen LogP contribution in [0.3, 0.4) is 0 Å². The summed E-state index contributed by atoms with van der Waals surface area (Å²) in [7, 11) is 0. The van der Waals surface area contributed by atoms with Crippen molar-refractivity contribution in [2.24, 2.45) is 11.1 Å². The quantitative estimate of drug-likeness (QED) is 0.863. The molecule has 1 atom stereocenters. The van der Waals surface area contributed by atoms with E-state index in [0.29, 0.717) is 5.41 Å². The maximum atomic E-state index is 5.83. The number of nitrogens with zero attached hydrogens (tertiary/aromatic N) is 2. The van der Waals surface area contributed by atoms with Gasteiger partial charge in [-0.2, -0.15) is 0 Å². The third-order valence-electron chi connectivity index (χ3n) is 3.36. The van der Waals surface area contributed by atoms with Gasteiger partial charge >= 0.3 is 0 Å². The summed E-state index contributed by atoms with van der Waals surface area (Å²) >= 11 is 1.72. The molecule has 0 amide bonds. The highest BCUT2D eigenvalue weighted by Crippen LogP contribution is 2.33. The van der Waals surface area contributed by atoms with Gasteiger partial charge in [0.05, 0.1) is 5.69 Å². The first-order valence-electron chi connectivity index (χ1n) is 5.94. The Morgan fingerprint density at radius 3 is 2.56 bits per heavy atom. The molecule has 1 aromatic heterocycles. The lowest BCUT2D eigenvalue weighted by Crippen LogP contribution is -2.37. The summed E-state index contributed by atoms with van der Waals surface area (Å²) in [5.41, 5.74) is 7.34. The molecule has 0 radical (unpaired) electrons. The van der Waals surface area contributed by atoms with E-state index in [1.165, 1.54) is 12.8 Å². The van der Waals surface area contributed by atoms with Crippen molar-refractivity contribution in [3.63, 3.8) is 0 Å². The Balaban J connectivity index is 2.03. The summed E-state index contributed by atoms with van der Waals surface area (Å²) in [5.74, 6) is 0. The molecule has 0 saturated carbocycles. The van der Waals surface area contributed by atoms with Crippen LogP contribution in [0.15, 0.2) is 5.38 Å². The normalized spacial score (nSPS) is 22.1. The molecule has 0 spiro atoms. The van der Waals surface area contributed by atoms with Crippen LogP contribution in [0.1, 0.15) is 45.3 Å². The summed E-state index contributed by atoms with van der Waals surface area (Å²) < 4.78 is 0. The van der Waals surface area contributed by atoms with E-state index in [1.807, 2.05) is 6.92 Å². The molecule has 1 fully saturated rings. The first-order valence-corrected chi connectivity index (χ1v) is 6.82. The van der Waals surface area contributed by atoms with Gasteiger partial charge in [-0.15, -0.1) is 11.3 Å². The first-order chi connectivity index (χ1) is 7.48. The molecule has 90 valence electrons. The van der Waals surface area contributed by atoms with Crippen LogP contribution in [0.5, 0.6) is 0 Å². The zero-order valence-electron chi connectivity index (χ0n) is 10.4. The molecule has 2 rings (SSSR count). The lowest BCUT2D eigenvalue weighted by molar-refractivity contribution is 0.279. The van der Waals surface area contributed by atoms with Crippen LogP contribution in [0.2, 0.25) is 0 Å². The maximum Gasteiger partial charge on any atom is 0.185 e. The highest BCUT2D eigenvalue weighted by molar-refractivity contribution is 7.13. The minimum Gasteiger partial charge on any atom is -0.348 e. The second kappa shape index (κ2) is 4.34. The predicted molar refractivity (Wildman–Crippen MR) is 69.9 cm³/mol. The highest BCUT2D eigenvalue weighted by atomic mass is 32.1. The number of hydrogen-bond donors (Lipinski definition) is 1. The van der Waals surface area contributed by atoms with E-state index in [-0.39, 0.29) is 6.04 Å². The fraction of sp³-hybridized carbons (Fsp3) is 0.750. The van der Waals surface area contributed by atoms with Crippen molar-refractivity contribution in [3.8, 4) is 0 Å². The van der Waals surface area contributed by atoms with Crippen LogP contribution in [-0.2, 0) is 0 Å². The predicted octanol–water partition coefficient (Wildman–Crippen LogP) is 2.79. The van der Waals surface area contributed by atoms with Crippen LogP contribution in [0, 0.1) is 5.41 Å². The van der Waals surface area contributed by atoms with E-state index in [1.54, 1.807) is 11.3 Å². The molecule has 1 aliphatic rings. The lowest BCUT2D eigenvalue weighted by Gasteiger charge is -2.36. The molecule has 1 aromatic rings. The molecule has 16 heavy (non-hydrogen) atoms. The van der Waals surface area contributed by atoms with Crippen molar-refractivity contribution in [3.05, 3.63) is 11.1 Å². The maximum absolute atomic E-state index is 5.83. The van der Waals surface area contributed by atoms with Gasteiger partial charge < -0.3 is 10.6 Å². The second-order valence-corrected chi connectivity index (χ2v) is 6.33. The van der Waals surface area contributed by atoms with E-state index < -0.39 is 0 Å². The topological polar surface area (TPSA) is 42.1 Å². The van der Waals surface area contributed by atoms with Gasteiger partial charge in [-0.3, -0.25) is 0 Å². The smallest absolute Gasteiger partial charge is 0.185 e. The summed E-state index contributed by atoms with van der Waals surface area (Å²) in [6.45, 7) is 8.93. The monoisotopic (exact) mass is 239 g/mol. The minimum atomic E-state index is 0.0474. The summed E-state index contributed by atoms with van der Waals surface area (Å²) in [6.07, 6.45) is 2.50. The number of thiazole rings is 1. The van der Waals surface area contributed by atoms with Crippen molar-refractivity contribution in [2.75, 3.05) is 18.0 Å². The Bertz CT molecular complexity index is 347. The van der Waals surface area contributed by atoms with E-state index in [2.05, 4.69) is 29.1 Å². The Morgan fingerprint density at radius 1 is 1.44 bits per heavy atom. The van der Waals surface area contributed by atoms with Crippen molar-refractivity contribution < 1.29 is 0 Å². The van der Waals surface area contributed by atoms with Gasteiger partial charge in [-0.05, 0) is 25.2 Å². The highest BCUT2D eigenvalue weighted by Gasteiger charge is 2.26. The van der Waals surface area contributed by atoms with Gasteiger partial charge in [0.25, 0.3) is 0 Å². The Labute approximate surface area is 102 Å². The summed E-state index contributed by atoms with van der Waals surface area (Å²) in [6, 6.07) is 0.0474. The molecule has 1 saturated heterocycles. The van der Waals surface area contributed by atoms with E-state index in [4.69, 9.17) is 5.73 Å². The van der Waals surface area contributed by atoms with Crippen LogP contribution in [0.25, 0.3) is 0 Å². The Morgan fingerprint density at radius 2 is 2.06 bits per heavy atom. The van der Waals surface area contributed by atoms with Crippen LogP contribution >= 0.6 is 11.3 Å². The molecule has 1 aliphatic heterocycles. The third kappa shape index (κ3) is 2.55. The molecule has 0 bridgehead atoms. The summed E-state index contributed by atoms with van der Waals surface area (Å²) in [4.78, 5) is 6.99. The Hall–Kier alpha value is -0.610. The van der Waals surface area contributed by atoms with E-state index in [0.717, 1.165) is 23.9 Å². The van der Waals surface area contributed by atoms with Gasteiger partial charge in [-0.1, -0.05) is 13.8 Å². The number of rotatable bonds is 2. The molecule has 3 nitrogen and oxygen atoms in total. The number of hydrogen-bond acceptors (Lipinski definition) is 4. The van der Waals surface area contributed by atoms with E-state index in [9.17, 15) is 0 Å². The molecule has 0 aliphatic carbocycles. The largest absolute Gasteiger partial charge is 0.348 e. The Kier molecular flexibility index (Phi) is 3.22. The van der Waals surface area contributed by atoms with Crippen molar-refractivity contribution in [1.29, 1.82) is 0 Å². The molecule has 2 N–H and O–H groups in total. The van der Waals surface area contributed by atoms with Gasteiger partial charge in [0.2, 0.25) is 0 Å². The molecule has 0 aromatic carbocycles. The number of anilines is 1. The van der Waals surface area contributed by atoms with Gasteiger partial charge in [0.15, 0.2) is 5.13 Å². The number of nitrogens with two attached hydrogens (primary N) is 1. The fourth-order valence-corrected chi connectivity index (χ4v) is 2.92. The minimum absolute atomic E-state index is 0.0474. The van der Waals surface area contributed by atoms with Crippen molar-refractivity contribution in [1.82, 2.24) is 4.98 Å². The second-order valence-electron chi connectivity index (χ2n) is 5.49. The first kappa shape index (κ1) is 11.9. The van der Waals surface area contributed by atoms with E-state index >= 15 is 0 Å². The third-order valence-corrected chi connectivity index (χ3v) is 4.28. The van der Waals surface area contributed by atoms with Gasteiger partial charge in [0.1, 0.15) is 0 Å². The molecule has 1 unspecified atom stereocenters. The van der Waals surface area contributed by atoms with Crippen LogP contribution in [-0.4, -0.2) is 18.1 Å². The van der Waals surface area contributed by atoms with Gasteiger partial charge in [-0.25, -0.2) is 4.98 Å². The fourth-order valence-electron chi connectivity index (χ4n) is 1.93. The zero-order valence-corrected chi connectivity index (χ0v) is 11.2. The van der Waals surface area contributed by atoms with Gasteiger partial charge in [0, 0.05) is 24.5 Å². The van der Waals surface area contributed by atoms with Crippen molar-refractivity contribution in [2.45, 2.75) is 39.7 Å². The number of piperidine rings is 1. The molecule has 2 heterocycles. The SMILES string of the molecule is CC(N)c1csc(N2CCC(C)(C)CC2)n1. The number of aromatic nitrogens is 1. The standard InChI is InChI=1S/C12H21N3S/c1-9(13)10-8-16-11(14-10)15-6-4-12(2,3)5-7-15/h8-9H,4-7,13H2,1-3H3. The lowest BCUT2D eigenvalue weighted by atomic mass is 9.83. The molecular weight excluding hydrogens is 218 g/mol. The van der Waals surface area contributed by atoms with Crippen LogP contribution in [0.4, 0.5) is 5.13 Å². The zero-order chi connectivity index (χ0) is 11.8. The van der Waals surface area contributed by atoms with Crippen LogP contribution < -0.4 is 10.6 Å². The van der Waals surface area contributed by atoms with Crippen molar-refractivity contribution >= 4 is 16.5 Å². The summed E-state index contributed by atoms with van der Waals surface area (Å²) in [5, 5.41) is 3.22.